The van der Waals surface area contributed by atoms with Crippen LogP contribution in [0, 0.1) is 13.8 Å². The van der Waals surface area contributed by atoms with Crippen molar-refractivity contribution >= 4 is 11.4 Å². The quantitative estimate of drug-likeness (QED) is 0.776. The Labute approximate surface area is 100 Å². The Kier molecular flexibility index (Phi) is 2.87. The van der Waals surface area contributed by atoms with Crippen molar-refractivity contribution in [1.82, 2.24) is 4.98 Å². The number of pyridine rings is 1. The molecule has 0 amide bonds. The van der Waals surface area contributed by atoms with Crippen LogP contribution in [-0.4, -0.2) is 4.98 Å². The van der Waals surface area contributed by atoms with Crippen LogP contribution in [-0.2, 0) is 0 Å². The number of hydrogen-bond donors (Lipinski definition) is 2. The van der Waals surface area contributed by atoms with Crippen LogP contribution in [0.2, 0.25) is 0 Å². The summed E-state index contributed by atoms with van der Waals surface area (Å²) in [6.07, 6.45) is 1.67. The SMILES string of the molecule is Cc1cc(Oc2ccnc(C)c2N)ccc1N. The zero-order chi connectivity index (χ0) is 12.4. The van der Waals surface area contributed by atoms with Gasteiger partial charge in [-0.1, -0.05) is 0 Å². The molecule has 1 aromatic carbocycles. The molecule has 4 N–H and O–H groups in total. The second-order valence-corrected chi connectivity index (χ2v) is 3.93. The van der Waals surface area contributed by atoms with E-state index in [4.69, 9.17) is 16.2 Å². The van der Waals surface area contributed by atoms with E-state index in [1.807, 2.05) is 32.0 Å². The minimum Gasteiger partial charge on any atom is -0.455 e. The lowest BCUT2D eigenvalue weighted by Crippen LogP contribution is -1.97. The number of aromatic nitrogens is 1. The normalized spacial score (nSPS) is 10.2. The van der Waals surface area contributed by atoms with Crippen molar-refractivity contribution in [2.24, 2.45) is 0 Å². The Bertz CT molecular complexity index is 552. The molecule has 1 aromatic heterocycles. The zero-order valence-electron chi connectivity index (χ0n) is 9.90. The first-order chi connectivity index (χ1) is 8.08. The van der Waals surface area contributed by atoms with Crippen LogP contribution < -0.4 is 16.2 Å². The van der Waals surface area contributed by atoms with E-state index in [1.165, 1.54) is 0 Å². The van der Waals surface area contributed by atoms with Gasteiger partial charge in [-0.3, -0.25) is 4.98 Å². The number of rotatable bonds is 2. The first-order valence-corrected chi connectivity index (χ1v) is 5.33. The molecule has 4 heteroatoms. The lowest BCUT2D eigenvalue weighted by Gasteiger charge is -2.10. The smallest absolute Gasteiger partial charge is 0.153 e. The van der Waals surface area contributed by atoms with E-state index in [9.17, 15) is 0 Å². The van der Waals surface area contributed by atoms with Crippen molar-refractivity contribution in [1.29, 1.82) is 0 Å². The lowest BCUT2D eigenvalue weighted by atomic mass is 10.2. The highest BCUT2D eigenvalue weighted by Gasteiger charge is 2.05. The maximum Gasteiger partial charge on any atom is 0.153 e. The maximum absolute atomic E-state index is 5.89. The minimum absolute atomic E-state index is 0.557. The molecule has 2 aromatic rings. The third kappa shape index (κ3) is 2.30. The van der Waals surface area contributed by atoms with Gasteiger partial charge in [0.25, 0.3) is 0 Å². The first-order valence-electron chi connectivity index (χ1n) is 5.33. The third-order valence-electron chi connectivity index (χ3n) is 2.62. The largest absolute Gasteiger partial charge is 0.455 e. The molecule has 17 heavy (non-hydrogen) atoms. The fraction of sp³-hybridized carbons (Fsp3) is 0.154. The van der Waals surface area contributed by atoms with Gasteiger partial charge >= 0.3 is 0 Å². The standard InChI is InChI=1S/C13H15N3O/c1-8-7-10(3-4-11(8)14)17-12-5-6-16-9(2)13(12)15/h3-7H,14-15H2,1-2H3. The van der Waals surface area contributed by atoms with Crippen LogP contribution in [0.3, 0.4) is 0 Å². The summed E-state index contributed by atoms with van der Waals surface area (Å²) in [7, 11) is 0. The highest BCUT2D eigenvalue weighted by molar-refractivity contribution is 5.57. The van der Waals surface area contributed by atoms with E-state index < -0.39 is 0 Å². The molecule has 2 rings (SSSR count). The Hall–Kier alpha value is -2.23. The molecule has 0 saturated heterocycles. The van der Waals surface area contributed by atoms with Gasteiger partial charge in [0, 0.05) is 18.0 Å². The summed E-state index contributed by atoms with van der Waals surface area (Å²) in [5.74, 6) is 1.33. The van der Waals surface area contributed by atoms with Crippen LogP contribution in [0.15, 0.2) is 30.5 Å². The zero-order valence-corrected chi connectivity index (χ0v) is 9.90. The van der Waals surface area contributed by atoms with Gasteiger partial charge in [-0.15, -0.1) is 0 Å². The van der Waals surface area contributed by atoms with Crippen molar-refractivity contribution in [2.75, 3.05) is 11.5 Å². The van der Waals surface area contributed by atoms with Crippen molar-refractivity contribution in [3.63, 3.8) is 0 Å². The Morgan fingerprint density at radius 3 is 2.59 bits per heavy atom. The molecule has 0 unspecified atom stereocenters. The van der Waals surface area contributed by atoms with Crippen LogP contribution in [0.25, 0.3) is 0 Å². The molecular formula is C13H15N3O. The van der Waals surface area contributed by atoms with Gasteiger partial charge in [0.1, 0.15) is 5.75 Å². The number of nitrogens with zero attached hydrogens (tertiary/aromatic N) is 1. The number of aryl methyl sites for hydroxylation is 2. The predicted octanol–water partition coefficient (Wildman–Crippen LogP) is 2.66. The second kappa shape index (κ2) is 4.33. The van der Waals surface area contributed by atoms with Gasteiger partial charge in [0.15, 0.2) is 5.75 Å². The lowest BCUT2D eigenvalue weighted by molar-refractivity contribution is 0.483. The molecule has 0 atom stereocenters. The average molecular weight is 229 g/mol. The molecule has 0 radical (unpaired) electrons. The molecule has 0 saturated carbocycles. The maximum atomic E-state index is 5.89. The van der Waals surface area contributed by atoms with E-state index >= 15 is 0 Å². The molecule has 0 aliphatic rings. The van der Waals surface area contributed by atoms with Crippen LogP contribution in [0.4, 0.5) is 11.4 Å². The summed E-state index contributed by atoms with van der Waals surface area (Å²) < 4.78 is 5.71. The summed E-state index contributed by atoms with van der Waals surface area (Å²) >= 11 is 0. The monoisotopic (exact) mass is 229 g/mol. The molecule has 0 spiro atoms. The Morgan fingerprint density at radius 1 is 1.12 bits per heavy atom. The first kappa shape index (κ1) is 11.3. The van der Waals surface area contributed by atoms with E-state index in [0.717, 1.165) is 16.9 Å². The average Bonchev–Trinajstić information content (AvgIpc) is 2.30. The predicted molar refractivity (Wildman–Crippen MR) is 69.1 cm³/mol. The van der Waals surface area contributed by atoms with Gasteiger partial charge in [0.2, 0.25) is 0 Å². The molecule has 0 fully saturated rings. The van der Waals surface area contributed by atoms with Gasteiger partial charge in [-0.05, 0) is 37.6 Å². The second-order valence-electron chi connectivity index (χ2n) is 3.93. The van der Waals surface area contributed by atoms with Crippen molar-refractivity contribution in [3.8, 4) is 11.5 Å². The summed E-state index contributed by atoms with van der Waals surface area (Å²) in [6, 6.07) is 7.25. The fourth-order valence-electron chi connectivity index (χ4n) is 1.48. The number of hydrogen-bond acceptors (Lipinski definition) is 4. The number of benzene rings is 1. The van der Waals surface area contributed by atoms with Gasteiger partial charge in [-0.2, -0.15) is 0 Å². The van der Waals surface area contributed by atoms with Crippen LogP contribution in [0.1, 0.15) is 11.3 Å². The number of anilines is 2. The molecule has 0 aliphatic carbocycles. The number of nitrogens with two attached hydrogens (primary N) is 2. The summed E-state index contributed by atoms with van der Waals surface area (Å²) in [5.41, 5.74) is 14.7. The Morgan fingerprint density at radius 2 is 1.88 bits per heavy atom. The topological polar surface area (TPSA) is 74.2 Å². The summed E-state index contributed by atoms with van der Waals surface area (Å²) in [6.45, 7) is 3.78. The van der Waals surface area contributed by atoms with Gasteiger partial charge in [-0.25, -0.2) is 0 Å². The van der Waals surface area contributed by atoms with E-state index in [2.05, 4.69) is 4.98 Å². The number of ether oxygens (including phenoxy) is 1. The van der Waals surface area contributed by atoms with Crippen molar-refractivity contribution in [2.45, 2.75) is 13.8 Å². The molecule has 4 nitrogen and oxygen atoms in total. The van der Waals surface area contributed by atoms with Crippen LogP contribution in [0.5, 0.6) is 11.5 Å². The van der Waals surface area contributed by atoms with E-state index in [0.29, 0.717) is 17.2 Å². The van der Waals surface area contributed by atoms with Crippen LogP contribution >= 0.6 is 0 Å². The fourth-order valence-corrected chi connectivity index (χ4v) is 1.48. The Balaban J connectivity index is 2.31. The highest BCUT2D eigenvalue weighted by Crippen LogP contribution is 2.29. The van der Waals surface area contributed by atoms with E-state index in [-0.39, 0.29) is 0 Å². The summed E-state index contributed by atoms with van der Waals surface area (Å²) in [5, 5.41) is 0. The molecule has 0 bridgehead atoms. The van der Waals surface area contributed by atoms with Crippen molar-refractivity contribution < 1.29 is 4.74 Å². The molecule has 88 valence electrons. The van der Waals surface area contributed by atoms with Gasteiger partial charge in [0.05, 0.1) is 11.4 Å². The minimum atomic E-state index is 0.557. The van der Waals surface area contributed by atoms with Gasteiger partial charge < -0.3 is 16.2 Å². The third-order valence-corrected chi connectivity index (χ3v) is 2.62. The van der Waals surface area contributed by atoms with Crippen molar-refractivity contribution in [3.05, 3.63) is 41.7 Å². The summed E-state index contributed by atoms with van der Waals surface area (Å²) in [4.78, 5) is 4.09. The van der Waals surface area contributed by atoms with E-state index in [1.54, 1.807) is 12.3 Å². The number of nitrogen functional groups attached to an aromatic ring is 2. The molecular weight excluding hydrogens is 214 g/mol. The molecule has 0 aliphatic heterocycles. The highest BCUT2D eigenvalue weighted by atomic mass is 16.5. The molecule has 1 heterocycles.